The maximum Gasteiger partial charge on any atom is 0.434 e. The lowest BCUT2D eigenvalue weighted by molar-refractivity contribution is -0.141. The van der Waals surface area contributed by atoms with Crippen LogP contribution in [0.2, 0.25) is 0 Å². The quantitative estimate of drug-likeness (QED) is 0.627. The lowest BCUT2D eigenvalue weighted by Gasteiger charge is -2.26. The first kappa shape index (κ1) is 21.2. The summed E-state index contributed by atoms with van der Waals surface area (Å²) < 4.78 is 43.5. The first-order chi connectivity index (χ1) is 15.8. The molecule has 2 aliphatic rings. The van der Waals surface area contributed by atoms with E-state index in [-0.39, 0.29) is 29.9 Å². The van der Waals surface area contributed by atoms with E-state index < -0.39 is 11.9 Å². The smallest absolute Gasteiger partial charge is 0.434 e. The van der Waals surface area contributed by atoms with E-state index in [1.807, 2.05) is 4.90 Å². The fourth-order valence-electron chi connectivity index (χ4n) is 4.66. The number of amides is 1. The molecule has 0 saturated carbocycles. The molecule has 4 heterocycles. The largest absolute Gasteiger partial charge is 0.497 e. The summed E-state index contributed by atoms with van der Waals surface area (Å²) in [5.41, 5.74) is -0.0929. The standard InChI is InChI=1S/C21H20F3N7O2/c1-33-13-3-4-14(17(9-13)31-27-6-7-28-31)20(32)30-12-2-5-16(30)15(8-12)29-19-11-25-18(10-26-19)21(22,23)24/h3-4,6-7,9-12,15-16H,2,5,8H2,1H3,(H,26,29). The van der Waals surface area contributed by atoms with Crippen molar-refractivity contribution in [3.05, 3.63) is 54.2 Å². The van der Waals surface area contributed by atoms with Crippen LogP contribution in [0.3, 0.4) is 0 Å². The molecule has 3 unspecified atom stereocenters. The molecule has 9 nitrogen and oxygen atoms in total. The molecule has 33 heavy (non-hydrogen) atoms. The zero-order chi connectivity index (χ0) is 23.2. The van der Waals surface area contributed by atoms with Crippen LogP contribution in [-0.4, -0.2) is 61.0 Å². The molecule has 5 rings (SSSR count). The molecule has 2 saturated heterocycles. The van der Waals surface area contributed by atoms with Crippen LogP contribution in [0.15, 0.2) is 43.0 Å². The molecule has 3 aromatic rings. The average molecular weight is 459 g/mol. The third-order valence-electron chi connectivity index (χ3n) is 6.12. The Balaban J connectivity index is 1.38. The van der Waals surface area contributed by atoms with Crippen LogP contribution >= 0.6 is 0 Å². The van der Waals surface area contributed by atoms with Crippen molar-refractivity contribution in [2.75, 3.05) is 12.4 Å². The minimum Gasteiger partial charge on any atom is -0.497 e. The van der Waals surface area contributed by atoms with Gasteiger partial charge in [0.2, 0.25) is 0 Å². The normalized spacial score (nSPS) is 21.9. The molecule has 1 aromatic carbocycles. The number of ether oxygens (including phenoxy) is 1. The summed E-state index contributed by atoms with van der Waals surface area (Å²) in [7, 11) is 1.54. The second-order valence-electron chi connectivity index (χ2n) is 7.98. The van der Waals surface area contributed by atoms with Gasteiger partial charge in [-0.3, -0.25) is 4.79 Å². The number of fused-ring (bicyclic) bond motifs is 2. The monoisotopic (exact) mass is 459 g/mol. The Morgan fingerprint density at radius 2 is 1.94 bits per heavy atom. The summed E-state index contributed by atoms with van der Waals surface area (Å²) in [6.07, 6.45) is 2.61. The number of nitrogens with one attached hydrogen (secondary N) is 1. The maximum absolute atomic E-state index is 13.6. The lowest BCUT2D eigenvalue weighted by atomic mass is 9.95. The molecule has 12 heteroatoms. The van der Waals surface area contributed by atoms with Crippen LogP contribution in [0.4, 0.5) is 19.0 Å². The summed E-state index contributed by atoms with van der Waals surface area (Å²) in [5.74, 6) is 0.669. The first-order valence-corrected chi connectivity index (χ1v) is 10.4. The number of rotatable bonds is 5. The summed E-state index contributed by atoms with van der Waals surface area (Å²) in [5, 5.41) is 11.5. The zero-order valence-electron chi connectivity index (χ0n) is 17.5. The topological polar surface area (TPSA) is 98.1 Å². The summed E-state index contributed by atoms with van der Waals surface area (Å²) >= 11 is 0. The van der Waals surface area contributed by atoms with Gasteiger partial charge < -0.3 is 15.0 Å². The number of carbonyl (C=O) groups is 1. The van der Waals surface area contributed by atoms with Gasteiger partial charge >= 0.3 is 6.18 Å². The van der Waals surface area contributed by atoms with E-state index in [1.165, 1.54) is 24.3 Å². The molecular weight excluding hydrogens is 439 g/mol. The Hall–Kier alpha value is -3.70. The predicted octanol–water partition coefficient (Wildman–Crippen LogP) is 2.94. The van der Waals surface area contributed by atoms with Gasteiger partial charge in [-0.2, -0.15) is 28.2 Å². The van der Waals surface area contributed by atoms with Crippen molar-refractivity contribution in [2.45, 2.75) is 43.6 Å². The van der Waals surface area contributed by atoms with Gasteiger partial charge in [0.05, 0.1) is 49.5 Å². The van der Waals surface area contributed by atoms with Gasteiger partial charge in [-0.05, 0) is 31.4 Å². The van der Waals surface area contributed by atoms with E-state index in [2.05, 4.69) is 25.5 Å². The van der Waals surface area contributed by atoms with Crippen molar-refractivity contribution in [1.82, 2.24) is 29.9 Å². The van der Waals surface area contributed by atoms with Gasteiger partial charge in [0.1, 0.15) is 17.3 Å². The van der Waals surface area contributed by atoms with Gasteiger partial charge in [0, 0.05) is 12.1 Å². The fraction of sp³-hybridized carbons (Fsp3) is 0.381. The van der Waals surface area contributed by atoms with E-state index in [0.29, 0.717) is 29.6 Å². The number of halogens is 3. The van der Waals surface area contributed by atoms with Crippen LogP contribution in [-0.2, 0) is 6.18 Å². The summed E-state index contributed by atoms with van der Waals surface area (Å²) in [6, 6.07) is 4.88. The molecule has 2 bridgehead atoms. The van der Waals surface area contributed by atoms with Crippen molar-refractivity contribution >= 4 is 11.7 Å². The second kappa shape index (κ2) is 8.01. The van der Waals surface area contributed by atoms with Crippen molar-refractivity contribution in [3.63, 3.8) is 0 Å². The number of aromatic nitrogens is 5. The third-order valence-corrected chi connectivity index (χ3v) is 6.12. The van der Waals surface area contributed by atoms with Crippen LogP contribution in [0.25, 0.3) is 5.69 Å². The van der Waals surface area contributed by atoms with Gasteiger partial charge in [-0.25, -0.2) is 9.97 Å². The number of alkyl halides is 3. The zero-order valence-corrected chi connectivity index (χ0v) is 17.5. The predicted molar refractivity (Wildman–Crippen MR) is 110 cm³/mol. The number of hydrogen-bond donors (Lipinski definition) is 1. The van der Waals surface area contributed by atoms with Gasteiger partial charge in [0.15, 0.2) is 5.69 Å². The maximum atomic E-state index is 13.6. The highest BCUT2D eigenvalue weighted by Gasteiger charge is 2.49. The molecule has 0 aliphatic carbocycles. The number of methoxy groups -OCH3 is 1. The molecule has 3 atom stereocenters. The van der Waals surface area contributed by atoms with Crippen molar-refractivity contribution in [2.24, 2.45) is 0 Å². The number of hydrogen-bond acceptors (Lipinski definition) is 7. The van der Waals surface area contributed by atoms with Crippen LogP contribution in [0, 0.1) is 0 Å². The van der Waals surface area contributed by atoms with E-state index in [0.717, 1.165) is 19.0 Å². The van der Waals surface area contributed by atoms with E-state index >= 15 is 0 Å². The minimum absolute atomic E-state index is 0.0166. The lowest BCUT2D eigenvalue weighted by Crippen LogP contribution is -2.40. The van der Waals surface area contributed by atoms with Gasteiger partial charge in [0.25, 0.3) is 5.91 Å². The van der Waals surface area contributed by atoms with E-state index in [9.17, 15) is 18.0 Å². The molecule has 1 N–H and O–H groups in total. The fourth-order valence-corrected chi connectivity index (χ4v) is 4.66. The number of benzene rings is 1. The number of carbonyl (C=O) groups excluding carboxylic acids is 1. The van der Waals surface area contributed by atoms with Crippen molar-refractivity contribution < 1.29 is 22.7 Å². The Labute approximate surface area is 186 Å². The molecular formula is C21H20F3N7O2. The highest BCUT2D eigenvalue weighted by Crippen LogP contribution is 2.40. The second-order valence-corrected chi connectivity index (χ2v) is 7.98. The third kappa shape index (κ3) is 3.85. The van der Waals surface area contributed by atoms with Crippen molar-refractivity contribution in [3.8, 4) is 11.4 Å². The Kier molecular flexibility index (Phi) is 5.14. The number of nitrogens with zero attached hydrogens (tertiary/aromatic N) is 6. The molecule has 0 radical (unpaired) electrons. The SMILES string of the molecule is COc1ccc(C(=O)N2C3CCC2C(Nc2cnc(C(F)(F)F)cn2)C3)c(-n2nccn2)c1. The van der Waals surface area contributed by atoms with E-state index in [1.54, 1.807) is 18.2 Å². The van der Waals surface area contributed by atoms with Gasteiger partial charge in [-0.15, -0.1) is 0 Å². The molecule has 2 aromatic heterocycles. The van der Waals surface area contributed by atoms with Crippen LogP contribution < -0.4 is 10.1 Å². The highest BCUT2D eigenvalue weighted by atomic mass is 19.4. The minimum atomic E-state index is -4.54. The summed E-state index contributed by atoms with van der Waals surface area (Å²) in [4.78, 5) is 24.1. The molecule has 172 valence electrons. The molecule has 2 aliphatic heterocycles. The Morgan fingerprint density at radius 1 is 1.15 bits per heavy atom. The molecule has 0 spiro atoms. The first-order valence-electron chi connectivity index (χ1n) is 10.4. The van der Waals surface area contributed by atoms with E-state index in [4.69, 9.17) is 4.74 Å². The van der Waals surface area contributed by atoms with Crippen LogP contribution in [0.1, 0.15) is 35.3 Å². The number of anilines is 1. The molecule has 2 fully saturated rings. The van der Waals surface area contributed by atoms with Gasteiger partial charge in [-0.1, -0.05) is 0 Å². The van der Waals surface area contributed by atoms with Crippen molar-refractivity contribution in [1.29, 1.82) is 0 Å². The molecule has 1 amide bonds. The average Bonchev–Trinajstić information content (AvgIpc) is 3.55. The highest BCUT2D eigenvalue weighted by molar-refractivity contribution is 5.98. The van der Waals surface area contributed by atoms with Crippen LogP contribution in [0.5, 0.6) is 5.75 Å². The summed E-state index contributed by atoms with van der Waals surface area (Å²) in [6.45, 7) is 0. The Morgan fingerprint density at radius 3 is 2.61 bits per heavy atom. The Bertz CT molecular complexity index is 1150.